The van der Waals surface area contributed by atoms with Crippen LogP contribution < -0.4 is 5.43 Å². The van der Waals surface area contributed by atoms with E-state index < -0.39 is 11.4 Å². The second-order valence-corrected chi connectivity index (χ2v) is 7.66. The lowest BCUT2D eigenvalue weighted by atomic mass is 10.0. The predicted molar refractivity (Wildman–Crippen MR) is 118 cm³/mol. The monoisotopic (exact) mass is 435 g/mol. The third kappa shape index (κ3) is 4.49. The highest BCUT2D eigenvalue weighted by atomic mass is 16.6. The zero-order valence-corrected chi connectivity index (χ0v) is 17.9. The van der Waals surface area contributed by atoms with Gasteiger partial charge in [-0.1, -0.05) is 30.3 Å². The molecule has 3 heterocycles. The Morgan fingerprint density at radius 2 is 1.94 bits per heavy atom. The summed E-state index contributed by atoms with van der Waals surface area (Å²) in [5.74, 6) is -0.660. The van der Waals surface area contributed by atoms with Gasteiger partial charge in [0.15, 0.2) is 0 Å². The Bertz CT molecular complexity index is 1180. The lowest BCUT2D eigenvalue weighted by Gasteiger charge is -2.34. The molecule has 8 nitrogen and oxygen atoms in total. The van der Waals surface area contributed by atoms with Crippen LogP contribution in [0.15, 0.2) is 59.7 Å². The number of piperidine rings is 1. The minimum atomic E-state index is -0.660. The molecule has 0 spiro atoms. The van der Waals surface area contributed by atoms with E-state index in [1.54, 1.807) is 30.2 Å². The molecule has 1 unspecified atom stereocenters. The quantitative estimate of drug-likeness (QED) is 0.570. The molecule has 0 saturated carbocycles. The van der Waals surface area contributed by atoms with E-state index in [0.717, 1.165) is 18.4 Å². The van der Waals surface area contributed by atoms with Crippen LogP contribution in [0.3, 0.4) is 0 Å². The Balaban J connectivity index is 1.59. The molecular formula is C24H25N3O5. The number of benzene rings is 1. The van der Waals surface area contributed by atoms with Crippen LogP contribution in [-0.2, 0) is 16.1 Å². The average Bonchev–Trinajstić information content (AvgIpc) is 2.84. The highest BCUT2D eigenvalue weighted by Gasteiger charge is 2.28. The van der Waals surface area contributed by atoms with Crippen LogP contribution in [0.25, 0.3) is 11.0 Å². The van der Waals surface area contributed by atoms with Crippen molar-refractivity contribution in [3.05, 3.63) is 76.2 Å². The molecule has 2 aromatic heterocycles. The first-order valence-corrected chi connectivity index (χ1v) is 10.7. The van der Waals surface area contributed by atoms with Crippen LogP contribution in [0.1, 0.15) is 41.7 Å². The maximum Gasteiger partial charge on any atom is 0.410 e. The molecule has 1 saturated heterocycles. The first-order valence-electron chi connectivity index (χ1n) is 10.7. The Kier molecular flexibility index (Phi) is 6.49. The maximum absolute atomic E-state index is 12.8. The fourth-order valence-electron chi connectivity index (χ4n) is 3.97. The summed E-state index contributed by atoms with van der Waals surface area (Å²) in [5, 5.41) is 0.349. The number of hydrogen-bond acceptors (Lipinski definition) is 6. The van der Waals surface area contributed by atoms with Crippen molar-refractivity contribution in [1.82, 2.24) is 14.5 Å². The molecule has 166 valence electrons. The standard InChI is InChI=1S/C24H25N3O5/c1-2-31-23(29)20-15-27(22-19(21(20)28)11-6-12-25-22)18-10-7-13-26(14-18)24(30)32-16-17-8-4-3-5-9-17/h3-6,8-9,11-12,15,18H,2,7,10,13-14,16H2,1H3. The van der Waals surface area contributed by atoms with Crippen molar-refractivity contribution in [2.24, 2.45) is 0 Å². The van der Waals surface area contributed by atoms with Crippen molar-refractivity contribution in [3.63, 3.8) is 0 Å². The molecule has 1 atom stereocenters. The van der Waals surface area contributed by atoms with Crippen molar-refractivity contribution >= 4 is 23.1 Å². The molecule has 32 heavy (non-hydrogen) atoms. The van der Waals surface area contributed by atoms with E-state index in [1.165, 1.54) is 6.20 Å². The Labute approximate surface area is 185 Å². The highest BCUT2D eigenvalue weighted by molar-refractivity contribution is 5.93. The number of ether oxygens (including phenoxy) is 2. The van der Waals surface area contributed by atoms with Crippen LogP contribution in [0.5, 0.6) is 0 Å². The molecule has 0 aliphatic carbocycles. The highest BCUT2D eigenvalue weighted by Crippen LogP contribution is 2.25. The number of amides is 1. The molecule has 3 aromatic rings. The number of carbonyl (C=O) groups excluding carboxylic acids is 2. The van der Waals surface area contributed by atoms with E-state index in [0.29, 0.717) is 24.1 Å². The summed E-state index contributed by atoms with van der Waals surface area (Å²) in [4.78, 5) is 44.0. The normalized spacial score (nSPS) is 16.0. The number of rotatable bonds is 5. The molecule has 4 rings (SSSR count). The van der Waals surface area contributed by atoms with Crippen molar-refractivity contribution in [2.45, 2.75) is 32.4 Å². The second-order valence-electron chi connectivity index (χ2n) is 7.66. The first kappa shape index (κ1) is 21.5. The minimum Gasteiger partial charge on any atom is -0.462 e. The third-order valence-corrected chi connectivity index (χ3v) is 5.54. The fraction of sp³-hybridized carbons (Fsp3) is 0.333. The molecule has 1 aliphatic heterocycles. The van der Waals surface area contributed by atoms with E-state index in [2.05, 4.69) is 4.98 Å². The summed E-state index contributed by atoms with van der Waals surface area (Å²) < 4.78 is 12.4. The number of fused-ring (bicyclic) bond motifs is 1. The van der Waals surface area contributed by atoms with Crippen LogP contribution >= 0.6 is 0 Å². The zero-order chi connectivity index (χ0) is 22.5. The lowest BCUT2D eigenvalue weighted by Crippen LogP contribution is -2.41. The van der Waals surface area contributed by atoms with Crippen molar-refractivity contribution in [3.8, 4) is 0 Å². The van der Waals surface area contributed by atoms with Gasteiger partial charge in [-0.25, -0.2) is 14.6 Å². The van der Waals surface area contributed by atoms with Gasteiger partial charge in [0.05, 0.1) is 18.0 Å². The summed E-state index contributed by atoms with van der Waals surface area (Å²) in [5.41, 5.74) is 0.966. The van der Waals surface area contributed by atoms with E-state index in [4.69, 9.17) is 9.47 Å². The fourth-order valence-corrected chi connectivity index (χ4v) is 3.97. The van der Waals surface area contributed by atoms with Crippen molar-refractivity contribution < 1.29 is 19.1 Å². The van der Waals surface area contributed by atoms with Gasteiger partial charge in [-0.15, -0.1) is 0 Å². The predicted octanol–water partition coefficient (Wildman–Crippen LogP) is 3.55. The van der Waals surface area contributed by atoms with E-state index >= 15 is 0 Å². The largest absolute Gasteiger partial charge is 0.462 e. The zero-order valence-electron chi connectivity index (χ0n) is 17.9. The van der Waals surface area contributed by atoms with Gasteiger partial charge in [0.1, 0.15) is 17.8 Å². The minimum absolute atomic E-state index is 0.0314. The number of likely N-dealkylation sites (tertiary alicyclic amines) is 1. The molecule has 0 bridgehead atoms. The van der Waals surface area contributed by atoms with Gasteiger partial charge in [-0.2, -0.15) is 0 Å². The summed E-state index contributed by atoms with van der Waals surface area (Å²) in [6, 6.07) is 12.7. The van der Waals surface area contributed by atoms with Gasteiger partial charge in [0.2, 0.25) is 5.43 Å². The molecule has 1 aromatic carbocycles. The van der Waals surface area contributed by atoms with Crippen molar-refractivity contribution in [2.75, 3.05) is 19.7 Å². The van der Waals surface area contributed by atoms with E-state index in [-0.39, 0.29) is 30.9 Å². The topological polar surface area (TPSA) is 90.7 Å². The number of nitrogens with zero attached hydrogens (tertiary/aromatic N) is 3. The maximum atomic E-state index is 12.8. The summed E-state index contributed by atoms with van der Waals surface area (Å²) in [6.45, 7) is 3.05. The molecular weight excluding hydrogens is 410 g/mol. The van der Waals surface area contributed by atoms with Gasteiger partial charge >= 0.3 is 12.1 Å². The van der Waals surface area contributed by atoms with Gasteiger partial charge in [0, 0.05) is 25.5 Å². The van der Waals surface area contributed by atoms with Gasteiger partial charge in [0.25, 0.3) is 0 Å². The summed E-state index contributed by atoms with van der Waals surface area (Å²) in [6.07, 6.45) is 4.28. The molecule has 0 radical (unpaired) electrons. The molecule has 1 aliphatic rings. The third-order valence-electron chi connectivity index (χ3n) is 5.54. The number of pyridine rings is 2. The van der Waals surface area contributed by atoms with E-state index in [9.17, 15) is 14.4 Å². The first-order chi connectivity index (χ1) is 15.6. The van der Waals surface area contributed by atoms with E-state index in [1.807, 2.05) is 34.9 Å². The van der Waals surface area contributed by atoms with Crippen LogP contribution in [-0.4, -0.2) is 46.2 Å². The number of carbonyl (C=O) groups is 2. The Morgan fingerprint density at radius 3 is 2.72 bits per heavy atom. The SMILES string of the molecule is CCOC(=O)c1cn(C2CCCN(C(=O)OCc3ccccc3)C2)c2ncccc2c1=O. The van der Waals surface area contributed by atoms with Crippen LogP contribution in [0.4, 0.5) is 4.79 Å². The van der Waals surface area contributed by atoms with Crippen LogP contribution in [0.2, 0.25) is 0 Å². The molecule has 1 fully saturated rings. The average molecular weight is 435 g/mol. The van der Waals surface area contributed by atoms with Gasteiger partial charge in [-0.05, 0) is 37.5 Å². The number of hydrogen-bond donors (Lipinski definition) is 0. The summed E-state index contributed by atoms with van der Waals surface area (Å²) >= 11 is 0. The smallest absolute Gasteiger partial charge is 0.410 e. The van der Waals surface area contributed by atoms with Crippen LogP contribution in [0, 0.1) is 0 Å². The number of aromatic nitrogens is 2. The van der Waals surface area contributed by atoms with Crippen molar-refractivity contribution in [1.29, 1.82) is 0 Å². The van der Waals surface area contributed by atoms with Gasteiger partial charge < -0.3 is 18.9 Å². The molecule has 1 amide bonds. The molecule has 0 N–H and O–H groups in total. The Morgan fingerprint density at radius 1 is 1.12 bits per heavy atom. The summed E-state index contributed by atoms with van der Waals surface area (Å²) in [7, 11) is 0. The molecule has 8 heteroatoms. The lowest BCUT2D eigenvalue weighted by molar-refractivity contribution is 0.0522. The second kappa shape index (κ2) is 9.64. The number of esters is 1. The Hall–Kier alpha value is -3.68. The van der Waals surface area contributed by atoms with Gasteiger partial charge in [-0.3, -0.25) is 4.79 Å².